The molecule has 25 heavy (non-hydrogen) atoms. The van der Waals surface area contributed by atoms with Gasteiger partial charge in [-0.1, -0.05) is 112 Å². The van der Waals surface area contributed by atoms with Gasteiger partial charge in [-0.15, -0.1) is 0 Å². The van der Waals surface area contributed by atoms with Crippen LogP contribution in [0.2, 0.25) is 0 Å². The molecule has 2 nitrogen and oxygen atoms in total. The van der Waals surface area contributed by atoms with Gasteiger partial charge in [-0.05, 0) is 12.8 Å². The van der Waals surface area contributed by atoms with Crippen LogP contribution in [0.3, 0.4) is 0 Å². The first-order valence-electron chi connectivity index (χ1n) is 9.00. The van der Waals surface area contributed by atoms with E-state index in [1.165, 1.54) is 51.0 Å². The van der Waals surface area contributed by atoms with Gasteiger partial charge < -0.3 is 7.96 Å². The van der Waals surface area contributed by atoms with Crippen molar-refractivity contribution in [2.75, 3.05) is 0 Å². The van der Waals surface area contributed by atoms with E-state index in [2.05, 4.69) is 19.1 Å². The van der Waals surface area contributed by atoms with Gasteiger partial charge in [0.05, 0.1) is 0 Å². The predicted molar refractivity (Wildman–Crippen MR) is 113 cm³/mol. The summed E-state index contributed by atoms with van der Waals surface area (Å²) in [5.41, 5.74) is 0. The molecule has 0 aromatic rings. The molecule has 1 N–H and O–H groups in total. The standard InChI is InChI=1S/C22H32O2.Mg.2H/c1-2-3-4-5-6-7-8-9-10-11-12-13-14-15-16-17-18-19-20-21-22(23)24;;;/h10-21H,2-9H2,1H3,(H,23,24);;;/q;+2;2*-1. The molecule has 0 fully saturated rings. The summed E-state index contributed by atoms with van der Waals surface area (Å²) in [4.78, 5) is 10.2. The average Bonchev–Trinajstić information content (AvgIpc) is 2.56. The zero-order valence-corrected chi connectivity index (χ0v) is 17.1. The van der Waals surface area contributed by atoms with E-state index >= 15 is 0 Å². The number of carboxylic acid groups (broad SMARTS) is 1. The van der Waals surface area contributed by atoms with Crippen LogP contribution in [0, 0.1) is 0 Å². The molecule has 0 radical (unpaired) electrons. The van der Waals surface area contributed by atoms with Gasteiger partial charge in [-0.3, -0.25) is 0 Å². The van der Waals surface area contributed by atoms with Crippen LogP contribution in [-0.4, -0.2) is 34.1 Å². The first-order chi connectivity index (χ1) is 11.8. The van der Waals surface area contributed by atoms with Crippen LogP contribution < -0.4 is 0 Å². The van der Waals surface area contributed by atoms with Gasteiger partial charge in [-0.25, -0.2) is 4.79 Å². The van der Waals surface area contributed by atoms with Crippen molar-refractivity contribution in [1.82, 2.24) is 0 Å². The Hall–Kier alpha value is -1.32. The van der Waals surface area contributed by atoms with Crippen LogP contribution in [0.25, 0.3) is 0 Å². The zero-order valence-electron chi connectivity index (χ0n) is 17.6. The van der Waals surface area contributed by atoms with E-state index in [0.717, 1.165) is 12.5 Å². The summed E-state index contributed by atoms with van der Waals surface area (Å²) in [7, 11) is 0. The Kier molecular flexibility index (Phi) is 23.5. The Morgan fingerprint density at radius 3 is 1.68 bits per heavy atom. The number of carbonyl (C=O) groups is 1. The van der Waals surface area contributed by atoms with E-state index in [4.69, 9.17) is 5.11 Å². The summed E-state index contributed by atoms with van der Waals surface area (Å²) in [6.45, 7) is 2.25. The predicted octanol–water partition coefficient (Wildman–Crippen LogP) is 6.39. The van der Waals surface area contributed by atoms with Crippen molar-refractivity contribution in [3.8, 4) is 0 Å². The summed E-state index contributed by atoms with van der Waals surface area (Å²) in [5.74, 6) is -0.936. The molecular formula is C22H34MgO2. The van der Waals surface area contributed by atoms with Crippen LogP contribution in [-0.2, 0) is 4.79 Å². The van der Waals surface area contributed by atoms with Crippen LogP contribution in [0.5, 0.6) is 0 Å². The van der Waals surface area contributed by atoms with Crippen LogP contribution >= 0.6 is 0 Å². The number of carboxylic acids is 1. The molecule has 0 rings (SSSR count). The number of hydrogen-bond acceptors (Lipinski definition) is 1. The molecule has 0 heterocycles. The van der Waals surface area contributed by atoms with Crippen LogP contribution in [0.15, 0.2) is 72.9 Å². The minimum atomic E-state index is -0.936. The van der Waals surface area contributed by atoms with Crippen molar-refractivity contribution < 1.29 is 12.8 Å². The van der Waals surface area contributed by atoms with Crippen molar-refractivity contribution in [2.24, 2.45) is 0 Å². The Bertz CT molecular complexity index is 479. The minimum absolute atomic E-state index is 0. The van der Waals surface area contributed by atoms with E-state index in [1.807, 2.05) is 36.5 Å². The summed E-state index contributed by atoms with van der Waals surface area (Å²) >= 11 is 0. The summed E-state index contributed by atoms with van der Waals surface area (Å²) in [6.07, 6.45) is 32.7. The van der Waals surface area contributed by atoms with Gasteiger partial charge in [0, 0.05) is 6.08 Å². The largest absolute Gasteiger partial charge is 2.00 e. The van der Waals surface area contributed by atoms with Crippen molar-refractivity contribution in [3.63, 3.8) is 0 Å². The fraction of sp³-hybridized carbons (Fsp3) is 0.409. The second kappa shape index (κ2) is 22.7. The first kappa shape index (κ1) is 25.9. The topological polar surface area (TPSA) is 37.3 Å². The van der Waals surface area contributed by atoms with E-state index in [-0.39, 0.29) is 25.9 Å². The molecule has 0 aliphatic carbocycles. The van der Waals surface area contributed by atoms with Crippen LogP contribution in [0.4, 0.5) is 0 Å². The number of unbranched alkanes of at least 4 members (excludes halogenated alkanes) is 7. The molecule has 0 amide bonds. The third-order valence-electron chi connectivity index (χ3n) is 3.35. The third kappa shape index (κ3) is 25.0. The molecule has 0 aliphatic heterocycles. The molecule has 0 unspecified atom stereocenters. The molecule has 3 heteroatoms. The molecule has 0 bridgehead atoms. The maximum Gasteiger partial charge on any atom is 2.00 e. The van der Waals surface area contributed by atoms with E-state index in [1.54, 1.807) is 12.2 Å². The van der Waals surface area contributed by atoms with Crippen molar-refractivity contribution in [3.05, 3.63) is 72.9 Å². The fourth-order valence-electron chi connectivity index (χ4n) is 2.05. The summed E-state index contributed by atoms with van der Waals surface area (Å²) in [6, 6.07) is 0. The molecule has 0 aromatic carbocycles. The van der Waals surface area contributed by atoms with Crippen LogP contribution in [0.1, 0.15) is 61.1 Å². The molecule has 0 aromatic heterocycles. The molecule has 136 valence electrons. The van der Waals surface area contributed by atoms with Crippen molar-refractivity contribution in [2.45, 2.75) is 58.3 Å². The minimum Gasteiger partial charge on any atom is -1.00 e. The first-order valence-corrected chi connectivity index (χ1v) is 9.00. The Balaban J connectivity index is -0.000000882. The molecule has 0 spiro atoms. The van der Waals surface area contributed by atoms with Gasteiger partial charge in [0.25, 0.3) is 0 Å². The van der Waals surface area contributed by atoms with E-state index < -0.39 is 5.97 Å². The van der Waals surface area contributed by atoms with E-state index in [9.17, 15) is 4.79 Å². The molecular weight excluding hydrogens is 321 g/mol. The second-order valence-electron chi connectivity index (χ2n) is 5.58. The fourth-order valence-corrected chi connectivity index (χ4v) is 2.05. The number of aliphatic carboxylic acids is 1. The SMILES string of the molecule is CCCCCCCCCC=CC=CC=CC=CC=CC=CC(=O)O.[H-].[H-].[Mg+2]. The maximum atomic E-state index is 10.2. The third-order valence-corrected chi connectivity index (χ3v) is 3.35. The Morgan fingerprint density at radius 2 is 1.16 bits per heavy atom. The monoisotopic (exact) mass is 354 g/mol. The van der Waals surface area contributed by atoms with Crippen molar-refractivity contribution >= 4 is 29.0 Å². The quantitative estimate of drug-likeness (QED) is 0.170. The molecule has 0 atom stereocenters. The normalized spacial score (nSPS) is 12.5. The number of allylic oxidation sites excluding steroid dienone is 11. The van der Waals surface area contributed by atoms with Gasteiger partial charge in [0.15, 0.2) is 0 Å². The zero-order chi connectivity index (χ0) is 17.7. The smallest absolute Gasteiger partial charge is 1.00 e. The molecule has 0 aliphatic rings. The van der Waals surface area contributed by atoms with E-state index in [0.29, 0.717) is 0 Å². The van der Waals surface area contributed by atoms with Gasteiger partial charge >= 0.3 is 29.0 Å². The molecule has 0 saturated heterocycles. The summed E-state index contributed by atoms with van der Waals surface area (Å²) in [5, 5.41) is 8.39. The average molecular weight is 355 g/mol. The Labute approximate surface area is 172 Å². The Morgan fingerprint density at radius 1 is 0.720 bits per heavy atom. The van der Waals surface area contributed by atoms with Gasteiger partial charge in [0.2, 0.25) is 0 Å². The summed E-state index contributed by atoms with van der Waals surface area (Å²) < 4.78 is 0. The molecule has 0 saturated carbocycles. The maximum absolute atomic E-state index is 10.2. The number of hydrogen-bond donors (Lipinski definition) is 1. The number of rotatable bonds is 14. The van der Waals surface area contributed by atoms with Crippen molar-refractivity contribution in [1.29, 1.82) is 0 Å². The second-order valence-corrected chi connectivity index (χ2v) is 5.58. The van der Waals surface area contributed by atoms with Gasteiger partial charge in [-0.2, -0.15) is 0 Å². The van der Waals surface area contributed by atoms with Gasteiger partial charge in [0.1, 0.15) is 0 Å².